The summed E-state index contributed by atoms with van der Waals surface area (Å²) in [5.41, 5.74) is 2.25. The molecule has 0 spiro atoms. The van der Waals surface area contributed by atoms with Crippen molar-refractivity contribution in [3.63, 3.8) is 0 Å². The Morgan fingerprint density at radius 3 is 2.35 bits per heavy atom. The van der Waals surface area contributed by atoms with Crippen molar-refractivity contribution in [3.8, 4) is 11.1 Å². The molecule has 1 amide bonds. The summed E-state index contributed by atoms with van der Waals surface area (Å²) in [6, 6.07) is 19.7. The van der Waals surface area contributed by atoms with Gasteiger partial charge in [0.2, 0.25) is 0 Å². The lowest BCUT2D eigenvalue weighted by atomic mass is 9.80. The second kappa shape index (κ2) is 8.23. The van der Waals surface area contributed by atoms with E-state index >= 15 is 0 Å². The van der Waals surface area contributed by atoms with Gasteiger partial charge in [0.15, 0.2) is 0 Å². The molecule has 1 fully saturated rings. The highest BCUT2D eigenvalue weighted by atomic mass is 16.6. The van der Waals surface area contributed by atoms with Crippen LogP contribution in [0.4, 0.5) is 4.79 Å². The van der Waals surface area contributed by atoms with Crippen molar-refractivity contribution >= 4 is 6.09 Å². The van der Waals surface area contributed by atoms with Gasteiger partial charge < -0.3 is 19.2 Å². The number of nitrogens with zero attached hydrogens (tertiary/aromatic N) is 1. The van der Waals surface area contributed by atoms with E-state index in [0.717, 1.165) is 22.3 Å². The summed E-state index contributed by atoms with van der Waals surface area (Å²) < 4.78 is 11.2. The number of carbonyl (C=O) groups is 1. The van der Waals surface area contributed by atoms with Crippen LogP contribution in [0, 0.1) is 0 Å². The highest BCUT2D eigenvalue weighted by Crippen LogP contribution is 2.42. The van der Waals surface area contributed by atoms with Gasteiger partial charge in [-0.3, -0.25) is 0 Å². The van der Waals surface area contributed by atoms with Crippen molar-refractivity contribution in [2.75, 3.05) is 6.54 Å². The van der Waals surface area contributed by atoms with Gasteiger partial charge in [0.1, 0.15) is 5.60 Å². The van der Waals surface area contributed by atoms with E-state index in [2.05, 4.69) is 0 Å². The van der Waals surface area contributed by atoms with Crippen molar-refractivity contribution in [3.05, 3.63) is 84.3 Å². The smallest absolute Gasteiger partial charge is 0.411 e. The molecule has 4 rings (SSSR count). The van der Waals surface area contributed by atoms with Gasteiger partial charge in [0, 0.05) is 24.9 Å². The molecule has 1 saturated heterocycles. The highest BCUT2D eigenvalue weighted by molar-refractivity contribution is 5.70. The Morgan fingerprint density at radius 2 is 1.77 bits per heavy atom. The van der Waals surface area contributed by atoms with Crippen LogP contribution < -0.4 is 0 Å². The fourth-order valence-electron chi connectivity index (χ4n) is 4.45. The largest absolute Gasteiger partial charge is 0.472 e. The maximum atomic E-state index is 13.1. The van der Waals surface area contributed by atoms with Gasteiger partial charge in [-0.05, 0) is 43.5 Å². The molecule has 1 aliphatic rings. The van der Waals surface area contributed by atoms with Gasteiger partial charge in [-0.2, -0.15) is 0 Å². The van der Waals surface area contributed by atoms with Crippen LogP contribution in [0.1, 0.15) is 50.8 Å². The molecule has 0 aliphatic carbocycles. The van der Waals surface area contributed by atoms with Crippen molar-refractivity contribution in [1.29, 1.82) is 0 Å². The molecule has 5 heteroatoms. The Bertz CT molecular complexity index is 1010. The van der Waals surface area contributed by atoms with Crippen LogP contribution in [0.3, 0.4) is 0 Å². The molecule has 5 nitrogen and oxygen atoms in total. The van der Waals surface area contributed by atoms with Crippen LogP contribution in [-0.2, 0) is 10.3 Å². The average molecular weight is 420 g/mol. The number of rotatable bonds is 6. The maximum absolute atomic E-state index is 13.1. The Hall–Kier alpha value is -3.05. The fourth-order valence-corrected chi connectivity index (χ4v) is 4.45. The molecule has 2 unspecified atom stereocenters. The minimum atomic E-state index is -0.965. The second-order valence-electron chi connectivity index (χ2n) is 8.97. The van der Waals surface area contributed by atoms with E-state index in [-0.39, 0.29) is 12.1 Å². The molecule has 1 aliphatic heterocycles. The molecule has 2 aromatic carbocycles. The minimum Gasteiger partial charge on any atom is -0.472 e. The Labute approximate surface area is 183 Å². The molecular weight excluding hydrogens is 390 g/mol. The minimum absolute atomic E-state index is 0.123. The molecular formula is C26H29NO4. The predicted octanol–water partition coefficient (Wildman–Crippen LogP) is 5.91. The topological polar surface area (TPSA) is 62.9 Å². The quantitative estimate of drug-likeness (QED) is 0.540. The van der Waals surface area contributed by atoms with Crippen molar-refractivity contribution < 1.29 is 19.1 Å². The highest BCUT2D eigenvalue weighted by Gasteiger charge is 2.46. The number of benzene rings is 2. The van der Waals surface area contributed by atoms with Crippen LogP contribution >= 0.6 is 0 Å². The molecule has 1 aromatic heterocycles. The van der Waals surface area contributed by atoms with Crippen molar-refractivity contribution in [2.45, 2.75) is 50.9 Å². The van der Waals surface area contributed by atoms with Gasteiger partial charge in [0.25, 0.3) is 0 Å². The summed E-state index contributed by atoms with van der Waals surface area (Å²) in [6.07, 6.45) is 3.97. The maximum Gasteiger partial charge on any atom is 0.411 e. The summed E-state index contributed by atoms with van der Waals surface area (Å²) in [7, 11) is 0. The van der Waals surface area contributed by atoms with Gasteiger partial charge in [-0.1, -0.05) is 54.6 Å². The third-order valence-corrected chi connectivity index (χ3v) is 6.01. The third kappa shape index (κ3) is 4.52. The van der Waals surface area contributed by atoms with Crippen LogP contribution in [0.2, 0.25) is 0 Å². The lowest BCUT2D eigenvalue weighted by Crippen LogP contribution is -2.51. The number of aliphatic hydroxyl groups is 1. The zero-order valence-electron chi connectivity index (χ0n) is 18.2. The zero-order chi connectivity index (χ0) is 22.1. The summed E-state index contributed by atoms with van der Waals surface area (Å²) in [6.45, 7) is 6.07. The van der Waals surface area contributed by atoms with E-state index in [0.29, 0.717) is 19.4 Å². The fraction of sp³-hybridized carbons (Fsp3) is 0.346. The van der Waals surface area contributed by atoms with E-state index < -0.39 is 11.2 Å². The van der Waals surface area contributed by atoms with Gasteiger partial charge in [-0.25, -0.2) is 4.79 Å². The van der Waals surface area contributed by atoms with Gasteiger partial charge >= 0.3 is 6.09 Å². The van der Waals surface area contributed by atoms with Crippen LogP contribution in [0.25, 0.3) is 11.1 Å². The van der Waals surface area contributed by atoms with Crippen LogP contribution in [-0.4, -0.2) is 28.2 Å². The molecule has 0 bridgehead atoms. The third-order valence-electron chi connectivity index (χ3n) is 6.01. The molecule has 0 radical (unpaired) electrons. The molecule has 162 valence electrons. The van der Waals surface area contributed by atoms with Crippen LogP contribution in [0.5, 0.6) is 0 Å². The number of cyclic esters (lactones) is 1. The first-order chi connectivity index (χ1) is 14.8. The number of hydrogen-bond donors (Lipinski definition) is 1. The Morgan fingerprint density at radius 1 is 1.06 bits per heavy atom. The number of furan rings is 1. The molecule has 31 heavy (non-hydrogen) atoms. The van der Waals surface area contributed by atoms with E-state index in [1.165, 1.54) is 0 Å². The number of hydrogen-bond acceptors (Lipinski definition) is 4. The van der Waals surface area contributed by atoms with E-state index in [4.69, 9.17) is 9.15 Å². The monoisotopic (exact) mass is 419 g/mol. The molecule has 1 N–H and O–H groups in total. The SMILES string of the molecule is CC(c1ccc(-c2ccoc2)cc1)N1CCC(CC(C)(C)O)(c2ccccc2)OC1=O. The summed E-state index contributed by atoms with van der Waals surface area (Å²) >= 11 is 0. The normalized spacial score (nSPS) is 20.4. The van der Waals surface area contributed by atoms with Crippen molar-refractivity contribution in [1.82, 2.24) is 4.90 Å². The molecule has 3 aromatic rings. The van der Waals surface area contributed by atoms with Gasteiger partial charge in [0.05, 0.1) is 24.2 Å². The number of carbonyl (C=O) groups excluding carboxylic acids is 1. The van der Waals surface area contributed by atoms with E-state index in [1.54, 1.807) is 31.3 Å². The lowest BCUT2D eigenvalue weighted by Gasteiger charge is -2.45. The van der Waals surface area contributed by atoms with Crippen LogP contribution in [0.15, 0.2) is 77.6 Å². The summed E-state index contributed by atoms with van der Waals surface area (Å²) in [5, 5.41) is 10.5. The molecule has 0 saturated carbocycles. The van der Waals surface area contributed by atoms with E-state index in [9.17, 15) is 9.90 Å². The standard InChI is InChI=1S/C26H29NO4/c1-19(20-9-11-21(12-10-20)22-13-16-30-17-22)27-15-14-26(31-24(27)28,18-25(2,3)29)23-7-5-4-6-8-23/h4-13,16-17,19,29H,14-15,18H2,1-3H3. The predicted molar refractivity (Wildman–Crippen MR) is 119 cm³/mol. The number of ether oxygens (including phenoxy) is 1. The lowest BCUT2D eigenvalue weighted by molar-refractivity contribution is -0.101. The van der Waals surface area contributed by atoms with E-state index in [1.807, 2.05) is 67.6 Å². The average Bonchev–Trinajstić information content (AvgIpc) is 3.28. The summed E-state index contributed by atoms with van der Waals surface area (Å²) in [4.78, 5) is 14.9. The summed E-state index contributed by atoms with van der Waals surface area (Å²) in [5.74, 6) is 0. The first-order valence-electron chi connectivity index (χ1n) is 10.7. The zero-order valence-corrected chi connectivity index (χ0v) is 18.2. The first-order valence-corrected chi connectivity index (χ1v) is 10.7. The van der Waals surface area contributed by atoms with Gasteiger partial charge in [-0.15, -0.1) is 0 Å². The molecule has 2 heterocycles. The Balaban J connectivity index is 1.54. The molecule has 2 atom stereocenters. The Kier molecular flexibility index (Phi) is 5.63. The second-order valence-corrected chi connectivity index (χ2v) is 8.97. The van der Waals surface area contributed by atoms with Crippen molar-refractivity contribution in [2.24, 2.45) is 0 Å². The number of amides is 1. The first kappa shape index (κ1) is 21.2.